The number of benzene rings is 1. The van der Waals surface area contributed by atoms with Crippen molar-refractivity contribution in [1.29, 1.82) is 0 Å². The molecule has 0 bridgehead atoms. The second-order valence-electron chi connectivity index (χ2n) is 5.35. The van der Waals surface area contributed by atoms with Crippen LogP contribution in [0.1, 0.15) is 38.8 Å². The van der Waals surface area contributed by atoms with E-state index < -0.39 is 11.0 Å². The number of hydrogen-bond acceptors (Lipinski definition) is 2. The second-order valence-corrected chi connectivity index (χ2v) is 7.35. The standard InChI is InChI=1S/C15H23NO2S/c1-6-7-14(16-19(17)15(2,3)4)12-8-10-13(18-5)11-9-12/h6,8-11,14,16H,1,7H2,2-5H3/t14-,19+/m1/s1. The summed E-state index contributed by atoms with van der Waals surface area (Å²) < 4.78 is 20.2. The summed E-state index contributed by atoms with van der Waals surface area (Å²) in [6.45, 7) is 9.63. The Balaban J connectivity index is 2.87. The summed E-state index contributed by atoms with van der Waals surface area (Å²) in [6, 6.07) is 7.79. The molecule has 3 nitrogen and oxygen atoms in total. The van der Waals surface area contributed by atoms with Crippen molar-refractivity contribution in [2.24, 2.45) is 0 Å². The highest BCUT2D eigenvalue weighted by molar-refractivity contribution is 7.84. The molecule has 1 aromatic carbocycles. The smallest absolute Gasteiger partial charge is 0.118 e. The molecule has 106 valence electrons. The monoisotopic (exact) mass is 281 g/mol. The summed E-state index contributed by atoms with van der Waals surface area (Å²) in [5.74, 6) is 0.818. The van der Waals surface area contributed by atoms with Gasteiger partial charge in [0.25, 0.3) is 0 Å². The topological polar surface area (TPSA) is 38.3 Å². The molecule has 0 aliphatic carbocycles. The summed E-state index contributed by atoms with van der Waals surface area (Å²) in [7, 11) is 0.536. The summed E-state index contributed by atoms with van der Waals surface area (Å²) >= 11 is 0. The van der Waals surface area contributed by atoms with Crippen molar-refractivity contribution in [1.82, 2.24) is 4.72 Å². The quantitative estimate of drug-likeness (QED) is 0.812. The van der Waals surface area contributed by atoms with Crippen LogP contribution >= 0.6 is 0 Å². The first-order valence-corrected chi connectivity index (χ1v) is 7.46. The number of methoxy groups -OCH3 is 1. The third-order valence-electron chi connectivity index (χ3n) is 2.73. The fourth-order valence-corrected chi connectivity index (χ4v) is 2.41. The first-order chi connectivity index (χ1) is 8.88. The molecule has 19 heavy (non-hydrogen) atoms. The Morgan fingerprint density at radius 2 is 1.95 bits per heavy atom. The zero-order chi connectivity index (χ0) is 14.5. The van der Waals surface area contributed by atoms with Gasteiger partial charge in [-0.2, -0.15) is 0 Å². The number of nitrogens with one attached hydrogen (secondary N) is 1. The van der Waals surface area contributed by atoms with Crippen LogP contribution in [0.4, 0.5) is 0 Å². The van der Waals surface area contributed by atoms with Crippen LogP contribution in [0.15, 0.2) is 36.9 Å². The van der Waals surface area contributed by atoms with Gasteiger partial charge in [-0.3, -0.25) is 0 Å². The van der Waals surface area contributed by atoms with Crippen LogP contribution in [0.3, 0.4) is 0 Å². The molecule has 1 rings (SSSR count). The van der Waals surface area contributed by atoms with E-state index in [1.807, 2.05) is 51.1 Å². The maximum atomic E-state index is 12.2. The lowest BCUT2D eigenvalue weighted by atomic mass is 10.0. The molecule has 0 aliphatic heterocycles. The minimum atomic E-state index is -1.11. The second kappa shape index (κ2) is 6.87. The Bertz CT molecular complexity index is 434. The molecule has 1 aromatic rings. The summed E-state index contributed by atoms with van der Waals surface area (Å²) in [6.07, 6.45) is 2.57. The minimum absolute atomic E-state index is 0.00321. The summed E-state index contributed by atoms with van der Waals surface area (Å²) in [5.41, 5.74) is 1.08. The lowest BCUT2D eigenvalue weighted by Crippen LogP contribution is -2.35. The first-order valence-electron chi connectivity index (χ1n) is 6.31. The van der Waals surface area contributed by atoms with E-state index in [2.05, 4.69) is 11.3 Å². The third-order valence-corrected chi connectivity index (χ3v) is 4.34. The van der Waals surface area contributed by atoms with E-state index in [1.165, 1.54) is 0 Å². The van der Waals surface area contributed by atoms with Crippen molar-refractivity contribution < 1.29 is 8.95 Å². The fraction of sp³-hybridized carbons (Fsp3) is 0.467. The van der Waals surface area contributed by atoms with E-state index in [0.29, 0.717) is 0 Å². The van der Waals surface area contributed by atoms with Gasteiger partial charge in [0.2, 0.25) is 0 Å². The van der Waals surface area contributed by atoms with E-state index >= 15 is 0 Å². The molecule has 0 radical (unpaired) electrons. The molecule has 0 unspecified atom stereocenters. The molecular weight excluding hydrogens is 258 g/mol. The van der Waals surface area contributed by atoms with Gasteiger partial charge in [-0.1, -0.05) is 18.2 Å². The Labute approximate surface area is 118 Å². The molecule has 0 saturated carbocycles. The Morgan fingerprint density at radius 1 is 1.37 bits per heavy atom. The van der Waals surface area contributed by atoms with Gasteiger partial charge in [-0.15, -0.1) is 6.58 Å². The normalized spacial score (nSPS) is 14.7. The summed E-state index contributed by atoms with van der Waals surface area (Å²) in [5, 5.41) is 0. The fourth-order valence-electron chi connectivity index (χ4n) is 1.56. The Kier molecular flexibility index (Phi) is 5.76. The van der Waals surface area contributed by atoms with Crippen molar-refractivity contribution in [3.05, 3.63) is 42.5 Å². The van der Waals surface area contributed by atoms with Gasteiger partial charge < -0.3 is 4.74 Å². The van der Waals surface area contributed by atoms with Crippen LogP contribution < -0.4 is 9.46 Å². The SMILES string of the molecule is C=CC[C@@H](N[S@@](=O)C(C)(C)C)c1ccc(OC)cc1. The highest BCUT2D eigenvalue weighted by Crippen LogP contribution is 2.22. The molecular formula is C15H23NO2S. The minimum Gasteiger partial charge on any atom is -0.497 e. The lowest BCUT2D eigenvalue weighted by molar-refractivity contribution is 0.414. The van der Waals surface area contributed by atoms with E-state index in [1.54, 1.807) is 7.11 Å². The maximum absolute atomic E-state index is 12.2. The highest BCUT2D eigenvalue weighted by atomic mass is 32.2. The van der Waals surface area contributed by atoms with Crippen LogP contribution in [0.2, 0.25) is 0 Å². The van der Waals surface area contributed by atoms with Gasteiger partial charge in [0.05, 0.1) is 22.8 Å². The zero-order valence-corrected chi connectivity index (χ0v) is 12.9. The molecule has 2 atom stereocenters. The predicted octanol–water partition coefficient (Wildman–Crippen LogP) is 3.36. The van der Waals surface area contributed by atoms with E-state index in [9.17, 15) is 4.21 Å². The number of ether oxygens (including phenoxy) is 1. The van der Waals surface area contributed by atoms with Crippen LogP contribution in [-0.4, -0.2) is 16.1 Å². The Morgan fingerprint density at radius 3 is 2.37 bits per heavy atom. The van der Waals surface area contributed by atoms with Crippen LogP contribution in [0, 0.1) is 0 Å². The lowest BCUT2D eigenvalue weighted by Gasteiger charge is -2.24. The first kappa shape index (κ1) is 15.9. The van der Waals surface area contributed by atoms with Gasteiger partial charge in [-0.05, 0) is 44.9 Å². The van der Waals surface area contributed by atoms with Crippen molar-refractivity contribution in [2.75, 3.05) is 7.11 Å². The van der Waals surface area contributed by atoms with Gasteiger partial charge in [0.15, 0.2) is 0 Å². The van der Waals surface area contributed by atoms with Gasteiger partial charge >= 0.3 is 0 Å². The molecule has 0 fully saturated rings. The van der Waals surface area contributed by atoms with Gasteiger partial charge in [-0.25, -0.2) is 8.93 Å². The molecule has 0 spiro atoms. The number of rotatable bonds is 6. The van der Waals surface area contributed by atoms with Crippen molar-refractivity contribution >= 4 is 11.0 Å². The highest BCUT2D eigenvalue weighted by Gasteiger charge is 2.23. The predicted molar refractivity (Wildman–Crippen MR) is 81.6 cm³/mol. The van der Waals surface area contributed by atoms with Gasteiger partial charge in [0.1, 0.15) is 5.75 Å². The Hall–Kier alpha value is -1.13. The third kappa shape index (κ3) is 4.80. The van der Waals surface area contributed by atoms with Crippen molar-refractivity contribution in [3.8, 4) is 5.75 Å². The van der Waals surface area contributed by atoms with Crippen LogP contribution in [0.25, 0.3) is 0 Å². The zero-order valence-electron chi connectivity index (χ0n) is 12.1. The molecule has 0 aliphatic rings. The molecule has 0 heterocycles. The van der Waals surface area contributed by atoms with Crippen molar-refractivity contribution in [2.45, 2.75) is 38.0 Å². The van der Waals surface area contributed by atoms with Gasteiger partial charge in [0, 0.05) is 6.04 Å². The number of hydrogen-bond donors (Lipinski definition) is 1. The van der Waals surface area contributed by atoms with Crippen molar-refractivity contribution in [3.63, 3.8) is 0 Å². The molecule has 0 amide bonds. The maximum Gasteiger partial charge on any atom is 0.118 e. The molecule has 0 saturated heterocycles. The van der Waals surface area contributed by atoms with E-state index in [-0.39, 0.29) is 10.8 Å². The average molecular weight is 281 g/mol. The van der Waals surface area contributed by atoms with E-state index in [0.717, 1.165) is 17.7 Å². The van der Waals surface area contributed by atoms with E-state index in [4.69, 9.17) is 4.74 Å². The molecule has 0 aromatic heterocycles. The molecule has 4 heteroatoms. The largest absolute Gasteiger partial charge is 0.497 e. The van der Waals surface area contributed by atoms with Crippen LogP contribution in [-0.2, 0) is 11.0 Å². The average Bonchev–Trinajstić information content (AvgIpc) is 2.37. The summed E-state index contributed by atoms with van der Waals surface area (Å²) in [4.78, 5) is 0. The van der Waals surface area contributed by atoms with Crippen LogP contribution in [0.5, 0.6) is 5.75 Å². The molecule has 1 N–H and O–H groups in total.